The van der Waals surface area contributed by atoms with Crippen molar-refractivity contribution >= 4 is 10.8 Å². The molecule has 0 aliphatic heterocycles. The number of fused-ring (bicyclic) bond motifs is 1. The molecular formula is C19H17FO. The van der Waals surface area contributed by atoms with Gasteiger partial charge in [-0.3, -0.25) is 0 Å². The van der Waals surface area contributed by atoms with Gasteiger partial charge in [0.25, 0.3) is 0 Å². The lowest BCUT2D eigenvalue weighted by molar-refractivity contribution is 0.0752. The fraction of sp³-hybridized carbons (Fsp3) is 0.158. The molecule has 0 aliphatic rings. The minimum absolute atomic E-state index is 0.334. The molecule has 0 radical (unpaired) electrons. The lowest BCUT2D eigenvalue weighted by Gasteiger charge is -2.22. The molecule has 2 heteroatoms. The van der Waals surface area contributed by atoms with E-state index >= 15 is 0 Å². The van der Waals surface area contributed by atoms with Gasteiger partial charge in [-0.25, -0.2) is 4.39 Å². The normalized spacial score (nSPS) is 11.8. The number of benzene rings is 3. The molecule has 0 amide bonds. The first kappa shape index (κ1) is 13.8. The molecule has 0 saturated carbocycles. The summed E-state index contributed by atoms with van der Waals surface area (Å²) in [5, 5.41) is 12.5. The van der Waals surface area contributed by atoms with E-state index < -0.39 is 5.60 Å². The summed E-state index contributed by atoms with van der Waals surface area (Å²) in [4.78, 5) is 0. The van der Waals surface area contributed by atoms with Gasteiger partial charge in [0.15, 0.2) is 0 Å². The second-order valence-electron chi connectivity index (χ2n) is 5.78. The molecule has 0 saturated heterocycles. The monoisotopic (exact) mass is 280 g/mol. The summed E-state index contributed by atoms with van der Waals surface area (Å²) in [6, 6.07) is 19.0. The van der Waals surface area contributed by atoms with Crippen molar-refractivity contribution in [3.8, 4) is 11.1 Å². The second-order valence-corrected chi connectivity index (χ2v) is 5.78. The van der Waals surface area contributed by atoms with Gasteiger partial charge in [0.2, 0.25) is 0 Å². The van der Waals surface area contributed by atoms with Crippen molar-refractivity contribution in [2.45, 2.75) is 19.4 Å². The van der Waals surface area contributed by atoms with Gasteiger partial charge in [0, 0.05) is 5.56 Å². The van der Waals surface area contributed by atoms with E-state index in [9.17, 15) is 9.50 Å². The van der Waals surface area contributed by atoms with Crippen LogP contribution in [-0.4, -0.2) is 5.11 Å². The van der Waals surface area contributed by atoms with Crippen LogP contribution in [-0.2, 0) is 5.60 Å². The Balaban J connectivity index is 2.25. The van der Waals surface area contributed by atoms with E-state index in [0.717, 1.165) is 21.9 Å². The van der Waals surface area contributed by atoms with Crippen LogP contribution in [0, 0.1) is 5.82 Å². The van der Waals surface area contributed by atoms with Crippen LogP contribution in [0.4, 0.5) is 4.39 Å². The van der Waals surface area contributed by atoms with Crippen LogP contribution < -0.4 is 0 Å². The van der Waals surface area contributed by atoms with E-state index in [2.05, 4.69) is 0 Å². The molecule has 0 unspecified atom stereocenters. The molecule has 1 N–H and O–H groups in total. The number of aliphatic hydroxyl groups is 1. The maximum Gasteiger partial charge on any atom is 0.129 e. The van der Waals surface area contributed by atoms with Crippen LogP contribution in [0.25, 0.3) is 21.9 Å². The van der Waals surface area contributed by atoms with E-state index in [1.807, 2.05) is 48.5 Å². The average molecular weight is 280 g/mol. The summed E-state index contributed by atoms with van der Waals surface area (Å²) in [5.74, 6) is -0.381. The highest BCUT2D eigenvalue weighted by atomic mass is 19.1. The van der Waals surface area contributed by atoms with Crippen molar-refractivity contribution in [2.24, 2.45) is 0 Å². The fourth-order valence-electron chi connectivity index (χ4n) is 2.74. The Morgan fingerprint density at radius 1 is 0.857 bits per heavy atom. The van der Waals surface area contributed by atoms with Gasteiger partial charge in [-0.2, -0.15) is 0 Å². The lowest BCUT2D eigenvalue weighted by atomic mass is 9.88. The summed E-state index contributed by atoms with van der Waals surface area (Å²) in [7, 11) is 0. The number of halogens is 1. The molecule has 106 valence electrons. The maximum absolute atomic E-state index is 14.2. The highest BCUT2D eigenvalue weighted by Crippen LogP contribution is 2.34. The van der Waals surface area contributed by atoms with Crippen LogP contribution >= 0.6 is 0 Å². The van der Waals surface area contributed by atoms with E-state index in [4.69, 9.17) is 0 Å². The molecule has 1 nitrogen and oxygen atoms in total. The van der Waals surface area contributed by atoms with Gasteiger partial charge >= 0.3 is 0 Å². The minimum Gasteiger partial charge on any atom is -0.386 e. The lowest BCUT2D eigenvalue weighted by Crippen LogP contribution is -2.19. The van der Waals surface area contributed by atoms with Crippen LogP contribution in [0.2, 0.25) is 0 Å². The van der Waals surface area contributed by atoms with E-state index in [0.29, 0.717) is 5.56 Å². The third kappa shape index (κ3) is 2.55. The van der Waals surface area contributed by atoms with Gasteiger partial charge in [0.05, 0.1) is 5.60 Å². The molecule has 0 atom stereocenters. The van der Waals surface area contributed by atoms with Crippen molar-refractivity contribution in [3.63, 3.8) is 0 Å². The Morgan fingerprint density at radius 3 is 2.29 bits per heavy atom. The van der Waals surface area contributed by atoms with Crippen LogP contribution in [0.5, 0.6) is 0 Å². The van der Waals surface area contributed by atoms with E-state index in [1.54, 1.807) is 19.9 Å². The summed E-state index contributed by atoms with van der Waals surface area (Å²) in [6.07, 6.45) is 0. The molecule has 0 aromatic heterocycles. The molecule has 3 aromatic rings. The first-order valence-electron chi connectivity index (χ1n) is 6.97. The third-order valence-corrected chi connectivity index (χ3v) is 3.69. The topological polar surface area (TPSA) is 20.2 Å². The van der Waals surface area contributed by atoms with Gasteiger partial charge in [-0.1, -0.05) is 48.5 Å². The largest absolute Gasteiger partial charge is 0.386 e. The zero-order valence-electron chi connectivity index (χ0n) is 12.1. The average Bonchev–Trinajstić information content (AvgIpc) is 2.45. The number of rotatable bonds is 2. The summed E-state index contributed by atoms with van der Waals surface area (Å²) in [6.45, 7) is 3.21. The molecule has 0 bridgehead atoms. The first-order valence-corrected chi connectivity index (χ1v) is 6.97. The highest BCUT2D eigenvalue weighted by Gasteiger charge is 2.24. The predicted molar refractivity (Wildman–Crippen MR) is 84.6 cm³/mol. The van der Waals surface area contributed by atoms with Gasteiger partial charge in [-0.05, 0) is 47.9 Å². The zero-order valence-corrected chi connectivity index (χ0v) is 12.1. The van der Waals surface area contributed by atoms with Gasteiger partial charge in [-0.15, -0.1) is 0 Å². The SMILES string of the molecule is CC(C)(O)c1c(F)cccc1-c1ccc2ccccc2c1. The molecule has 3 rings (SSSR count). The molecule has 0 spiro atoms. The van der Waals surface area contributed by atoms with Gasteiger partial charge < -0.3 is 5.11 Å². The van der Waals surface area contributed by atoms with Crippen molar-refractivity contribution in [1.29, 1.82) is 0 Å². The maximum atomic E-state index is 14.2. The smallest absolute Gasteiger partial charge is 0.129 e. The Labute approximate surface area is 123 Å². The third-order valence-electron chi connectivity index (χ3n) is 3.69. The Bertz CT molecular complexity index is 800. The molecule has 3 aromatic carbocycles. The highest BCUT2D eigenvalue weighted by molar-refractivity contribution is 5.87. The minimum atomic E-state index is -1.23. The Morgan fingerprint density at radius 2 is 1.57 bits per heavy atom. The summed E-state index contributed by atoms with van der Waals surface area (Å²) >= 11 is 0. The number of hydrogen-bond donors (Lipinski definition) is 1. The van der Waals surface area contributed by atoms with Crippen molar-refractivity contribution in [1.82, 2.24) is 0 Å². The molecular weight excluding hydrogens is 263 g/mol. The predicted octanol–water partition coefficient (Wildman–Crippen LogP) is 4.87. The first-order chi connectivity index (χ1) is 9.97. The van der Waals surface area contributed by atoms with Crippen LogP contribution in [0.15, 0.2) is 60.7 Å². The van der Waals surface area contributed by atoms with Gasteiger partial charge in [0.1, 0.15) is 5.82 Å². The number of hydrogen-bond acceptors (Lipinski definition) is 1. The molecule has 0 fully saturated rings. The fourth-order valence-corrected chi connectivity index (χ4v) is 2.74. The Hall–Kier alpha value is -2.19. The second kappa shape index (κ2) is 4.97. The quantitative estimate of drug-likeness (QED) is 0.709. The van der Waals surface area contributed by atoms with Crippen molar-refractivity contribution < 1.29 is 9.50 Å². The Kier molecular flexibility index (Phi) is 3.26. The summed E-state index contributed by atoms with van der Waals surface area (Å²) < 4.78 is 14.2. The van der Waals surface area contributed by atoms with E-state index in [-0.39, 0.29) is 5.82 Å². The van der Waals surface area contributed by atoms with Crippen LogP contribution in [0.3, 0.4) is 0 Å². The summed E-state index contributed by atoms with van der Waals surface area (Å²) in [5.41, 5.74) is 0.741. The molecule has 0 aliphatic carbocycles. The standard InChI is InChI=1S/C19H17FO/c1-19(2,21)18-16(8-5-9-17(18)20)15-11-10-13-6-3-4-7-14(13)12-15/h3-12,21H,1-2H3. The zero-order chi connectivity index (χ0) is 15.0. The molecule has 0 heterocycles. The van der Waals surface area contributed by atoms with Crippen LogP contribution in [0.1, 0.15) is 19.4 Å². The van der Waals surface area contributed by atoms with Crippen molar-refractivity contribution in [2.75, 3.05) is 0 Å². The van der Waals surface area contributed by atoms with E-state index in [1.165, 1.54) is 6.07 Å². The molecule has 21 heavy (non-hydrogen) atoms. The van der Waals surface area contributed by atoms with Crippen molar-refractivity contribution in [3.05, 3.63) is 72.0 Å².